The van der Waals surface area contributed by atoms with Gasteiger partial charge < -0.3 is 15.2 Å². The van der Waals surface area contributed by atoms with Gasteiger partial charge in [-0.15, -0.1) is 0 Å². The topological polar surface area (TPSA) is 44.5 Å². The monoisotopic (exact) mass is 277 g/mol. The van der Waals surface area contributed by atoms with E-state index in [1.165, 1.54) is 12.1 Å². The van der Waals surface area contributed by atoms with Gasteiger partial charge in [0.1, 0.15) is 24.8 Å². The Kier molecular flexibility index (Phi) is 3.28. The van der Waals surface area contributed by atoms with Crippen LogP contribution < -0.4 is 15.2 Å². The smallest absolute Gasteiger partial charge is 0.166 e. The van der Waals surface area contributed by atoms with Crippen LogP contribution in [0.2, 0.25) is 0 Å². The Labute approximate surface area is 114 Å². The van der Waals surface area contributed by atoms with Crippen molar-refractivity contribution in [1.82, 2.24) is 0 Å². The van der Waals surface area contributed by atoms with Crippen LogP contribution in [-0.4, -0.2) is 13.2 Å². The molecule has 104 valence electrons. The average molecular weight is 277 g/mol. The van der Waals surface area contributed by atoms with Crippen molar-refractivity contribution in [3.63, 3.8) is 0 Å². The first-order valence-corrected chi connectivity index (χ1v) is 6.25. The van der Waals surface area contributed by atoms with Gasteiger partial charge in [-0.2, -0.15) is 0 Å². The van der Waals surface area contributed by atoms with E-state index in [0.717, 1.165) is 6.07 Å². The van der Waals surface area contributed by atoms with Gasteiger partial charge in [0.2, 0.25) is 0 Å². The standard InChI is InChI=1S/C15H13F2NO2/c16-10-6-9(7-11(17)8-10)14(18)12-2-1-3-13-15(12)20-5-4-19-13/h1-3,6-8,14H,4-5,18H2. The average Bonchev–Trinajstić information content (AvgIpc) is 2.45. The molecule has 20 heavy (non-hydrogen) atoms. The molecule has 1 aliphatic rings. The number of hydrogen-bond donors (Lipinski definition) is 1. The molecule has 0 spiro atoms. The van der Waals surface area contributed by atoms with Crippen molar-refractivity contribution in [2.45, 2.75) is 6.04 Å². The van der Waals surface area contributed by atoms with Crippen molar-refractivity contribution >= 4 is 0 Å². The molecule has 0 saturated heterocycles. The third-order valence-corrected chi connectivity index (χ3v) is 3.18. The lowest BCUT2D eigenvalue weighted by Gasteiger charge is -2.23. The number of hydrogen-bond acceptors (Lipinski definition) is 3. The molecule has 0 saturated carbocycles. The van der Waals surface area contributed by atoms with E-state index in [2.05, 4.69) is 0 Å². The lowest BCUT2D eigenvalue weighted by atomic mass is 9.98. The quantitative estimate of drug-likeness (QED) is 0.918. The zero-order chi connectivity index (χ0) is 14.1. The predicted molar refractivity (Wildman–Crippen MR) is 69.8 cm³/mol. The summed E-state index contributed by atoms with van der Waals surface area (Å²) in [5, 5.41) is 0. The van der Waals surface area contributed by atoms with Crippen molar-refractivity contribution in [3.05, 3.63) is 59.2 Å². The maximum Gasteiger partial charge on any atom is 0.166 e. The van der Waals surface area contributed by atoms with Crippen LogP contribution in [0.3, 0.4) is 0 Å². The van der Waals surface area contributed by atoms with Crippen LogP contribution in [0.25, 0.3) is 0 Å². The van der Waals surface area contributed by atoms with Crippen LogP contribution in [0.5, 0.6) is 11.5 Å². The fourth-order valence-electron chi connectivity index (χ4n) is 2.28. The van der Waals surface area contributed by atoms with Gasteiger partial charge in [-0.1, -0.05) is 12.1 Å². The molecule has 0 amide bonds. The number of benzene rings is 2. The highest BCUT2D eigenvalue weighted by molar-refractivity contribution is 5.51. The highest BCUT2D eigenvalue weighted by atomic mass is 19.1. The molecule has 1 heterocycles. The maximum absolute atomic E-state index is 13.3. The van der Waals surface area contributed by atoms with Crippen LogP contribution in [0.1, 0.15) is 17.2 Å². The van der Waals surface area contributed by atoms with Crippen molar-refractivity contribution in [2.24, 2.45) is 5.73 Å². The van der Waals surface area contributed by atoms with Gasteiger partial charge in [0.25, 0.3) is 0 Å². The minimum Gasteiger partial charge on any atom is -0.486 e. The summed E-state index contributed by atoms with van der Waals surface area (Å²) < 4.78 is 37.6. The summed E-state index contributed by atoms with van der Waals surface area (Å²) in [6.07, 6.45) is 0. The zero-order valence-electron chi connectivity index (χ0n) is 10.6. The van der Waals surface area contributed by atoms with Gasteiger partial charge in [0, 0.05) is 11.6 Å². The van der Waals surface area contributed by atoms with E-state index >= 15 is 0 Å². The van der Waals surface area contributed by atoms with Crippen LogP contribution in [-0.2, 0) is 0 Å². The molecule has 3 nitrogen and oxygen atoms in total. The van der Waals surface area contributed by atoms with Crippen LogP contribution in [0.4, 0.5) is 8.78 Å². The lowest BCUT2D eigenvalue weighted by molar-refractivity contribution is 0.169. The molecule has 2 aromatic carbocycles. The van der Waals surface area contributed by atoms with E-state index in [1.807, 2.05) is 0 Å². The third kappa shape index (κ3) is 2.32. The summed E-state index contributed by atoms with van der Waals surface area (Å²) in [6, 6.07) is 7.89. The van der Waals surface area contributed by atoms with Gasteiger partial charge in [0.05, 0.1) is 6.04 Å². The Bertz CT molecular complexity index is 626. The molecule has 0 radical (unpaired) electrons. The molecule has 1 atom stereocenters. The number of ether oxygens (including phenoxy) is 2. The van der Waals surface area contributed by atoms with Gasteiger partial charge in [0.15, 0.2) is 11.5 Å². The van der Waals surface area contributed by atoms with E-state index in [4.69, 9.17) is 15.2 Å². The number of nitrogens with two attached hydrogens (primary N) is 1. The van der Waals surface area contributed by atoms with Crippen molar-refractivity contribution in [3.8, 4) is 11.5 Å². The first-order valence-electron chi connectivity index (χ1n) is 6.25. The summed E-state index contributed by atoms with van der Waals surface area (Å²) >= 11 is 0. The molecule has 0 fully saturated rings. The van der Waals surface area contributed by atoms with Crippen LogP contribution in [0, 0.1) is 11.6 Å². The third-order valence-electron chi connectivity index (χ3n) is 3.18. The number of para-hydroxylation sites is 1. The van der Waals surface area contributed by atoms with Gasteiger partial charge >= 0.3 is 0 Å². The molecule has 2 N–H and O–H groups in total. The lowest BCUT2D eigenvalue weighted by Crippen LogP contribution is -2.20. The molecule has 5 heteroatoms. The fourth-order valence-corrected chi connectivity index (χ4v) is 2.28. The summed E-state index contributed by atoms with van der Waals surface area (Å²) in [5.74, 6) is -0.174. The normalized spacial score (nSPS) is 14.9. The summed E-state index contributed by atoms with van der Waals surface area (Å²) in [5.41, 5.74) is 7.11. The largest absolute Gasteiger partial charge is 0.486 e. The Morgan fingerprint density at radius 1 is 1.00 bits per heavy atom. The minimum absolute atomic E-state index is 0.352. The van der Waals surface area contributed by atoms with E-state index in [0.29, 0.717) is 35.8 Å². The molecule has 1 aliphatic heterocycles. The summed E-state index contributed by atoms with van der Waals surface area (Å²) in [7, 11) is 0. The van der Waals surface area contributed by atoms with Gasteiger partial charge in [-0.05, 0) is 23.8 Å². The molecule has 0 aromatic heterocycles. The highest BCUT2D eigenvalue weighted by Gasteiger charge is 2.21. The van der Waals surface area contributed by atoms with Crippen molar-refractivity contribution in [2.75, 3.05) is 13.2 Å². The first-order chi connectivity index (χ1) is 9.65. The molecule has 2 aromatic rings. The molecule has 0 aliphatic carbocycles. The number of fused-ring (bicyclic) bond motifs is 1. The summed E-state index contributed by atoms with van der Waals surface area (Å²) in [6.45, 7) is 0.897. The SMILES string of the molecule is NC(c1cc(F)cc(F)c1)c1cccc2c1OCCO2. The van der Waals surface area contributed by atoms with Crippen LogP contribution in [0.15, 0.2) is 36.4 Å². The molecule has 1 unspecified atom stereocenters. The number of rotatable bonds is 2. The van der Waals surface area contributed by atoms with E-state index in [1.54, 1.807) is 18.2 Å². The second kappa shape index (κ2) is 5.09. The molecule has 3 rings (SSSR count). The van der Waals surface area contributed by atoms with Crippen LogP contribution >= 0.6 is 0 Å². The Hall–Kier alpha value is -2.14. The number of halogens is 2. The van der Waals surface area contributed by atoms with Gasteiger partial charge in [-0.25, -0.2) is 8.78 Å². The Balaban J connectivity index is 2.04. The minimum atomic E-state index is -0.683. The molecular formula is C15H13F2NO2. The highest BCUT2D eigenvalue weighted by Crippen LogP contribution is 2.38. The zero-order valence-corrected chi connectivity index (χ0v) is 10.6. The summed E-state index contributed by atoms with van der Waals surface area (Å²) in [4.78, 5) is 0. The van der Waals surface area contributed by atoms with Crippen molar-refractivity contribution < 1.29 is 18.3 Å². The van der Waals surface area contributed by atoms with Crippen molar-refractivity contribution in [1.29, 1.82) is 0 Å². The Morgan fingerprint density at radius 2 is 1.70 bits per heavy atom. The first kappa shape index (κ1) is 12.9. The molecular weight excluding hydrogens is 264 g/mol. The Morgan fingerprint density at radius 3 is 2.45 bits per heavy atom. The molecule has 0 bridgehead atoms. The second-order valence-corrected chi connectivity index (χ2v) is 4.55. The van der Waals surface area contributed by atoms with E-state index in [-0.39, 0.29) is 0 Å². The predicted octanol–water partition coefficient (Wildman–Crippen LogP) is 2.78. The van der Waals surface area contributed by atoms with E-state index < -0.39 is 17.7 Å². The fraction of sp³-hybridized carbons (Fsp3) is 0.200. The second-order valence-electron chi connectivity index (χ2n) is 4.55. The van der Waals surface area contributed by atoms with E-state index in [9.17, 15) is 8.78 Å². The van der Waals surface area contributed by atoms with Gasteiger partial charge in [-0.3, -0.25) is 0 Å². The maximum atomic E-state index is 13.3.